The standard InChI is InChI=1S/C14H10BrClFNO2/c1-7-4-9(2-3-10(7)14(19)20)18-13-11(15)5-8(17)6-12(13)16/h2-6,18H,1H3,(H,19,20). The molecule has 0 spiro atoms. The van der Waals surface area contributed by atoms with Crippen LogP contribution in [0.4, 0.5) is 15.8 Å². The predicted molar refractivity (Wildman–Crippen MR) is 80.5 cm³/mol. The number of hydrogen-bond acceptors (Lipinski definition) is 2. The van der Waals surface area contributed by atoms with Crippen molar-refractivity contribution < 1.29 is 14.3 Å². The van der Waals surface area contributed by atoms with E-state index in [-0.39, 0.29) is 10.6 Å². The number of aryl methyl sites for hydroxylation is 1. The molecule has 2 aromatic carbocycles. The number of carbonyl (C=O) groups is 1. The number of nitrogens with one attached hydrogen (secondary N) is 1. The van der Waals surface area contributed by atoms with Crippen molar-refractivity contribution in [2.75, 3.05) is 5.32 Å². The van der Waals surface area contributed by atoms with Crippen LogP contribution < -0.4 is 5.32 Å². The summed E-state index contributed by atoms with van der Waals surface area (Å²) in [6.07, 6.45) is 0. The summed E-state index contributed by atoms with van der Waals surface area (Å²) in [6.45, 7) is 1.70. The van der Waals surface area contributed by atoms with Gasteiger partial charge in [-0.1, -0.05) is 11.6 Å². The molecule has 20 heavy (non-hydrogen) atoms. The normalized spacial score (nSPS) is 10.4. The van der Waals surface area contributed by atoms with Crippen LogP contribution in [-0.2, 0) is 0 Å². The Kier molecular flexibility index (Phi) is 4.30. The summed E-state index contributed by atoms with van der Waals surface area (Å²) in [5.41, 5.74) is 2.05. The highest BCUT2D eigenvalue weighted by atomic mass is 79.9. The van der Waals surface area contributed by atoms with Crippen LogP contribution >= 0.6 is 27.5 Å². The number of rotatable bonds is 3. The highest BCUT2D eigenvalue weighted by Gasteiger charge is 2.11. The zero-order valence-corrected chi connectivity index (χ0v) is 12.7. The Morgan fingerprint density at radius 1 is 1.35 bits per heavy atom. The third kappa shape index (κ3) is 3.11. The molecular weight excluding hydrogens is 349 g/mol. The molecule has 0 fully saturated rings. The van der Waals surface area contributed by atoms with Crippen molar-refractivity contribution in [3.05, 3.63) is 56.8 Å². The van der Waals surface area contributed by atoms with Gasteiger partial charge in [-0.15, -0.1) is 0 Å². The van der Waals surface area contributed by atoms with Gasteiger partial charge in [-0.3, -0.25) is 0 Å². The van der Waals surface area contributed by atoms with E-state index >= 15 is 0 Å². The molecule has 0 aliphatic heterocycles. The zero-order valence-electron chi connectivity index (χ0n) is 10.4. The highest BCUT2D eigenvalue weighted by molar-refractivity contribution is 9.10. The first-order chi connectivity index (χ1) is 9.38. The third-order valence-electron chi connectivity index (χ3n) is 2.73. The maximum absolute atomic E-state index is 13.1. The summed E-state index contributed by atoms with van der Waals surface area (Å²) in [4.78, 5) is 10.9. The summed E-state index contributed by atoms with van der Waals surface area (Å²) >= 11 is 9.21. The number of anilines is 2. The van der Waals surface area contributed by atoms with Gasteiger partial charge in [0.05, 0.1) is 16.3 Å². The first kappa shape index (κ1) is 14.8. The first-order valence-electron chi connectivity index (χ1n) is 5.64. The average Bonchev–Trinajstić information content (AvgIpc) is 2.33. The van der Waals surface area contributed by atoms with Gasteiger partial charge in [0, 0.05) is 10.2 Å². The Hall–Kier alpha value is -1.59. The number of carboxylic acids is 1. The lowest BCUT2D eigenvalue weighted by Crippen LogP contribution is -2.01. The van der Waals surface area contributed by atoms with Crippen molar-refractivity contribution in [1.29, 1.82) is 0 Å². The van der Waals surface area contributed by atoms with E-state index < -0.39 is 11.8 Å². The second-order valence-electron chi connectivity index (χ2n) is 4.20. The summed E-state index contributed by atoms with van der Waals surface area (Å²) in [7, 11) is 0. The predicted octanol–water partition coefficient (Wildman–Crippen LogP) is 4.99. The van der Waals surface area contributed by atoms with Gasteiger partial charge < -0.3 is 10.4 Å². The fourth-order valence-electron chi connectivity index (χ4n) is 1.79. The molecule has 2 aromatic rings. The van der Waals surface area contributed by atoms with Crippen molar-refractivity contribution >= 4 is 44.9 Å². The monoisotopic (exact) mass is 357 g/mol. The van der Waals surface area contributed by atoms with Crippen LogP contribution in [0.2, 0.25) is 5.02 Å². The van der Waals surface area contributed by atoms with Crippen molar-refractivity contribution in [3.63, 3.8) is 0 Å². The molecule has 0 bridgehead atoms. The van der Waals surface area contributed by atoms with Crippen molar-refractivity contribution in [3.8, 4) is 0 Å². The Labute approximate surface area is 128 Å². The molecule has 0 aliphatic carbocycles. The number of hydrogen-bond donors (Lipinski definition) is 2. The van der Waals surface area contributed by atoms with E-state index in [1.54, 1.807) is 19.1 Å². The third-order valence-corrected chi connectivity index (χ3v) is 3.66. The van der Waals surface area contributed by atoms with Crippen molar-refractivity contribution in [1.82, 2.24) is 0 Å². The quantitative estimate of drug-likeness (QED) is 0.812. The number of benzene rings is 2. The molecule has 0 unspecified atom stereocenters. The molecule has 0 heterocycles. The average molecular weight is 359 g/mol. The minimum atomic E-state index is -0.977. The summed E-state index contributed by atoms with van der Waals surface area (Å²) in [6, 6.07) is 7.32. The molecule has 0 radical (unpaired) electrons. The van der Waals surface area contributed by atoms with E-state index in [2.05, 4.69) is 21.2 Å². The molecule has 2 N–H and O–H groups in total. The zero-order chi connectivity index (χ0) is 14.9. The Balaban J connectivity index is 2.36. The Bertz CT molecular complexity index is 668. The Morgan fingerprint density at radius 2 is 2.05 bits per heavy atom. The fourth-order valence-corrected chi connectivity index (χ4v) is 2.69. The van der Waals surface area contributed by atoms with E-state index in [0.717, 1.165) is 0 Å². The second-order valence-corrected chi connectivity index (χ2v) is 5.47. The fraction of sp³-hybridized carbons (Fsp3) is 0.0714. The van der Waals surface area contributed by atoms with Crippen LogP contribution in [0.1, 0.15) is 15.9 Å². The Morgan fingerprint density at radius 3 is 2.60 bits per heavy atom. The molecule has 0 aromatic heterocycles. The maximum atomic E-state index is 13.1. The number of halogens is 3. The van der Waals surface area contributed by atoms with Crippen LogP contribution in [0.15, 0.2) is 34.8 Å². The molecule has 0 saturated carbocycles. The first-order valence-corrected chi connectivity index (χ1v) is 6.81. The number of aromatic carboxylic acids is 1. The summed E-state index contributed by atoms with van der Waals surface area (Å²) < 4.78 is 13.6. The smallest absolute Gasteiger partial charge is 0.335 e. The molecule has 0 amide bonds. The van der Waals surface area contributed by atoms with Gasteiger partial charge in [0.1, 0.15) is 5.82 Å². The molecule has 0 saturated heterocycles. The van der Waals surface area contributed by atoms with E-state index in [1.165, 1.54) is 18.2 Å². The van der Waals surface area contributed by atoms with E-state index in [0.29, 0.717) is 21.4 Å². The molecule has 0 atom stereocenters. The van der Waals surface area contributed by atoms with Gasteiger partial charge in [-0.2, -0.15) is 0 Å². The topological polar surface area (TPSA) is 49.3 Å². The molecular formula is C14H10BrClFNO2. The van der Waals surface area contributed by atoms with Crippen molar-refractivity contribution in [2.24, 2.45) is 0 Å². The lowest BCUT2D eigenvalue weighted by atomic mass is 10.1. The molecule has 6 heteroatoms. The minimum absolute atomic E-state index is 0.233. The highest BCUT2D eigenvalue weighted by Crippen LogP contribution is 2.34. The molecule has 104 valence electrons. The van der Waals surface area contributed by atoms with Crippen LogP contribution in [0.3, 0.4) is 0 Å². The molecule has 2 rings (SSSR count). The summed E-state index contributed by atoms with van der Waals surface area (Å²) in [5, 5.41) is 12.2. The lowest BCUT2D eigenvalue weighted by Gasteiger charge is -2.12. The van der Waals surface area contributed by atoms with Gasteiger partial charge in [-0.05, 0) is 58.7 Å². The summed E-state index contributed by atoms with van der Waals surface area (Å²) in [5.74, 6) is -1.42. The number of carboxylic acid groups (broad SMARTS) is 1. The van der Waals surface area contributed by atoms with Crippen LogP contribution in [-0.4, -0.2) is 11.1 Å². The van der Waals surface area contributed by atoms with Crippen LogP contribution in [0.25, 0.3) is 0 Å². The van der Waals surface area contributed by atoms with Gasteiger partial charge in [-0.25, -0.2) is 9.18 Å². The van der Waals surface area contributed by atoms with E-state index in [9.17, 15) is 9.18 Å². The van der Waals surface area contributed by atoms with Gasteiger partial charge in [0.2, 0.25) is 0 Å². The van der Waals surface area contributed by atoms with Crippen molar-refractivity contribution in [2.45, 2.75) is 6.92 Å². The maximum Gasteiger partial charge on any atom is 0.335 e. The van der Waals surface area contributed by atoms with Gasteiger partial charge >= 0.3 is 5.97 Å². The van der Waals surface area contributed by atoms with Crippen LogP contribution in [0, 0.1) is 12.7 Å². The van der Waals surface area contributed by atoms with Gasteiger partial charge in [0.25, 0.3) is 0 Å². The van der Waals surface area contributed by atoms with Gasteiger partial charge in [0.15, 0.2) is 0 Å². The van der Waals surface area contributed by atoms with E-state index in [1.807, 2.05) is 0 Å². The molecule has 0 aliphatic rings. The van der Waals surface area contributed by atoms with Crippen LogP contribution in [0.5, 0.6) is 0 Å². The van der Waals surface area contributed by atoms with E-state index in [4.69, 9.17) is 16.7 Å². The second kappa shape index (κ2) is 5.81. The minimum Gasteiger partial charge on any atom is -0.478 e. The molecule has 3 nitrogen and oxygen atoms in total. The lowest BCUT2D eigenvalue weighted by molar-refractivity contribution is 0.0696. The largest absolute Gasteiger partial charge is 0.478 e. The SMILES string of the molecule is Cc1cc(Nc2c(Cl)cc(F)cc2Br)ccc1C(=O)O.